The molecule has 0 fully saturated rings. The molecule has 0 aliphatic rings. The van der Waals surface area contributed by atoms with Gasteiger partial charge in [0.15, 0.2) is 0 Å². The van der Waals surface area contributed by atoms with Gasteiger partial charge in [-0.2, -0.15) is 0 Å². The van der Waals surface area contributed by atoms with Crippen LogP contribution in [0.15, 0.2) is 0 Å². The molecule has 0 aromatic carbocycles. The van der Waals surface area contributed by atoms with E-state index in [1.807, 2.05) is 6.92 Å². The van der Waals surface area contributed by atoms with Crippen LogP contribution in [0.2, 0.25) is 0 Å². The van der Waals surface area contributed by atoms with Crippen molar-refractivity contribution in [2.75, 3.05) is 39.3 Å². The van der Waals surface area contributed by atoms with Crippen LogP contribution in [-0.4, -0.2) is 45.3 Å². The van der Waals surface area contributed by atoms with Crippen molar-refractivity contribution in [1.82, 2.24) is 16.0 Å². The molecule has 0 bridgehead atoms. The summed E-state index contributed by atoms with van der Waals surface area (Å²) >= 11 is 0. The highest BCUT2D eigenvalue weighted by Gasteiger charge is 1.93. The van der Waals surface area contributed by atoms with Gasteiger partial charge in [0.1, 0.15) is 0 Å². The van der Waals surface area contributed by atoms with Gasteiger partial charge in [0, 0.05) is 6.04 Å². The minimum absolute atomic E-state index is 0.316. The average Bonchev–Trinajstić information content (AvgIpc) is 2.25. The summed E-state index contributed by atoms with van der Waals surface area (Å²) < 4.78 is 0. The van der Waals surface area contributed by atoms with Gasteiger partial charge in [0.25, 0.3) is 0 Å². The van der Waals surface area contributed by atoms with Gasteiger partial charge in [0.2, 0.25) is 0 Å². The standard InChI is InChI=1S/C12H30N4/c1-3-14-7-4-8-15-9-5-10-16-11-6-12(2)13/h12,14-16H,3-11,13H2,1-2H3. The molecule has 16 heavy (non-hydrogen) atoms. The number of hydrogen-bond acceptors (Lipinski definition) is 4. The quantitative estimate of drug-likeness (QED) is 0.364. The van der Waals surface area contributed by atoms with Gasteiger partial charge < -0.3 is 21.7 Å². The Morgan fingerprint density at radius 1 is 0.875 bits per heavy atom. The van der Waals surface area contributed by atoms with Crippen LogP contribution in [0.25, 0.3) is 0 Å². The van der Waals surface area contributed by atoms with Crippen molar-refractivity contribution in [3.05, 3.63) is 0 Å². The highest BCUT2D eigenvalue weighted by molar-refractivity contribution is 4.57. The van der Waals surface area contributed by atoms with E-state index in [0.29, 0.717) is 6.04 Å². The summed E-state index contributed by atoms with van der Waals surface area (Å²) in [6.07, 6.45) is 3.47. The summed E-state index contributed by atoms with van der Waals surface area (Å²) in [6, 6.07) is 0.316. The molecule has 0 saturated carbocycles. The van der Waals surface area contributed by atoms with Crippen LogP contribution < -0.4 is 21.7 Å². The highest BCUT2D eigenvalue weighted by atomic mass is 14.9. The minimum Gasteiger partial charge on any atom is -0.328 e. The molecular weight excluding hydrogens is 200 g/mol. The average molecular weight is 230 g/mol. The summed E-state index contributed by atoms with van der Waals surface area (Å²) in [5.74, 6) is 0. The van der Waals surface area contributed by atoms with Gasteiger partial charge in [-0.25, -0.2) is 0 Å². The number of nitrogens with two attached hydrogens (primary N) is 1. The lowest BCUT2D eigenvalue weighted by atomic mass is 10.2. The van der Waals surface area contributed by atoms with Crippen LogP contribution in [0.5, 0.6) is 0 Å². The Balaban J connectivity index is 2.88. The zero-order valence-electron chi connectivity index (χ0n) is 11.0. The number of nitrogens with one attached hydrogen (secondary N) is 3. The van der Waals surface area contributed by atoms with E-state index in [0.717, 1.165) is 45.7 Å². The van der Waals surface area contributed by atoms with Crippen molar-refractivity contribution >= 4 is 0 Å². The smallest absolute Gasteiger partial charge is 0.00225 e. The molecule has 0 spiro atoms. The molecule has 0 aliphatic heterocycles. The normalized spacial score (nSPS) is 12.9. The molecule has 0 aromatic rings. The topological polar surface area (TPSA) is 62.1 Å². The fourth-order valence-electron chi connectivity index (χ4n) is 1.43. The minimum atomic E-state index is 0.316. The molecule has 98 valence electrons. The fraction of sp³-hybridized carbons (Fsp3) is 1.00. The second-order valence-corrected chi connectivity index (χ2v) is 4.33. The van der Waals surface area contributed by atoms with Crippen molar-refractivity contribution in [3.8, 4) is 0 Å². The van der Waals surface area contributed by atoms with Gasteiger partial charge >= 0.3 is 0 Å². The van der Waals surface area contributed by atoms with E-state index >= 15 is 0 Å². The molecule has 4 heteroatoms. The van der Waals surface area contributed by atoms with Crippen molar-refractivity contribution < 1.29 is 0 Å². The summed E-state index contributed by atoms with van der Waals surface area (Å²) in [5, 5.41) is 10.1. The molecule has 0 aromatic heterocycles. The molecular formula is C12H30N4. The first-order valence-electron chi connectivity index (χ1n) is 6.65. The first-order chi connectivity index (χ1) is 7.77. The van der Waals surface area contributed by atoms with Gasteiger partial charge in [-0.05, 0) is 65.5 Å². The summed E-state index contributed by atoms with van der Waals surface area (Å²) in [4.78, 5) is 0. The Hall–Kier alpha value is -0.160. The van der Waals surface area contributed by atoms with Crippen LogP contribution in [0.3, 0.4) is 0 Å². The van der Waals surface area contributed by atoms with E-state index in [2.05, 4.69) is 22.9 Å². The van der Waals surface area contributed by atoms with Crippen molar-refractivity contribution in [2.45, 2.75) is 39.2 Å². The third kappa shape index (κ3) is 13.8. The van der Waals surface area contributed by atoms with E-state index in [9.17, 15) is 0 Å². The first kappa shape index (κ1) is 15.8. The number of hydrogen-bond donors (Lipinski definition) is 4. The second kappa shape index (κ2) is 12.9. The summed E-state index contributed by atoms with van der Waals surface area (Å²) in [6.45, 7) is 10.7. The van der Waals surface area contributed by atoms with Gasteiger partial charge in [-0.1, -0.05) is 6.92 Å². The SMILES string of the molecule is CCNCCCNCCCNCCC(C)N. The number of rotatable bonds is 12. The molecule has 0 heterocycles. The predicted octanol–water partition coefficient (Wildman–Crippen LogP) is 0.293. The largest absolute Gasteiger partial charge is 0.328 e. The Bertz CT molecular complexity index is 128. The van der Waals surface area contributed by atoms with E-state index in [4.69, 9.17) is 5.73 Å². The predicted molar refractivity (Wildman–Crippen MR) is 71.8 cm³/mol. The second-order valence-electron chi connectivity index (χ2n) is 4.33. The maximum absolute atomic E-state index is 5.65. The monoisotopic (exact) mass is 230 g/mol. The first-order valence-corrected chi connectivity index (χ1v) is 6.65. The third-order valence-corrected chi connectivity index (χ3v) is 2.44. The molecule has 0 rings (SSSR count). The summed E-state index contributed by atoms with van der Waals surface area (Å²) in [5.41, 5.74) is 5.65. The lowest BCUT2D eigenvalue weighted by Crippen LogP contribution is -2.27. The van der Waals surface area contributed by atoms with E-state index in [1.165, 1.54) is 12.8 Å². The Labute approximate surface area is 101 Å². The van der Waals surface area contributed by atoms with Crippen molar-refractivity contribution in [1.29, 1.82) is 0 Å². The van der Waals surface area contributed by atoms with E-state index in [1.54, 1.807) is 0 Å². The zero-order valence-corrected chi connectivity index (χ0v) is 11.0. The van der Waals surface area contributed by atoms with Gasteiger partial charge in [0.05, 0.1) is 0 Å². The Kier molecular flexibility index (Phi) is 12.8. The maximum Gasteiger partial charge on any atom is 0.00225 e. The van der Waals surface area contributed by atoms with Crippen LogP contribution in [0.4, 0.5) is 0 Å². The molecule has 1 unspecified atom stereocenters. The molecule has 0 radical (unpaired) electrons. The molecule has 0 amide bonds. The highest BCUT2D eigenvalue weighted by Crippen LogP contribution is 1.83. The Morgan fingerprint density at radius 2 is 1.38 bits per heavy atom. The zero-order chi connectivity index (χ0) is 12.1. The van der Waals surface area contributed by atoms with Crippen LogP contribution >= 0.6 is 0 Å². The van der Waals surface area contributed by atoms with Crippen molar-refractivity contribution in [3.63, 3.8) is 0 Å². The lowest BCUT2D eigenvalue weighted by Gasteiger charge is -2.08. The van der Waals surface area contributed by atoms with E-state index < -0.39 is 0 Å². The lowest BCUT2D eigenvalue weighted by molar-refractivity contribution is 0.549. The van der Waals surface area contributed by atoms with Crippen LogP contribution in [-0.2, 0) is 0 Å². The molecule has 4 nitrogen and oxygen atoms in total. The summed E-state index contributed by atoms with van der Waals surface area (Å²) in [7, 11) is 0. The van der Waals surface area contributed by atoms with Crippen molar-refractivity contribution in [2.24, 2.45) is 5.73 Å². The maximum atomic E-state index is 5.65. The van der Waals surface area contributed by atoms with Crippen LogP contribution in [0, 0.1) is 0 Å². The molecule has 1 atom stereocenters. The Morgan fingerprint density at radius 3 is 1.88 bits per heavy atom. The molecule has 0 aliphatic carbocycles. The van der Waals surface area contributed by atoms with Gasteiger partial charge in [-0.3, -0.25) is 0 Å². The van der Waals surface area contributed by atoms with Crippen LogP contribution in [0.1, 0.15) is 33.1 Å². The van der Waals surface area contributed by atoms with E-state index in [-0.39, 0.29) is 0 Å². The fourth-order valence-corrected chi connectivity index (χ4v) is 1.43. The third-order valence-electron chi connectivity index (χ3n) is 2.44. The molecule has 0 saturated heterocycles. The van der Waals surface area contributed by atoms with Gasteiger partial charge in [-0.15, -0.1) is 0 Å². The molecule has 5 N–H and O–H groups in total.